The van der Waals surface area contributed by atoms with Crippen molar-refractivity contribution in [2.24, 2.45) is 0 Å². The van der Waals surface area contributed by atoms with Gasteiger partial charge < -0.3 is 4.90 Å². The fourth-order valence-electron chi connectivity index (χ4n) is 3.49. The number of nitrogens with one attached hydrogen (secondary N) is 1. The van der Waals surface area contributed by atoms with Crippen LogP contribution in [0.25, 0.3) is 0 Å². The second kappa shape index (κ2) is 7.22. The van der Waals surface area contributed by atoms with Gasteiger partial charge in [0.05, 0.1) is 27.1 Å². The highest BCUT2D eigenvalue weighted by molar-refractivity contribution is 7.91. The lowest BCUT2D eigenvalue weighted by Gasteiger charge is -2.36. The number of fused-ring (bicyclic) bond motifs is 1. The van der Waals surface area contributed by atoms with Gasteiger partial charge in [0.25, 0.3) is 0 Å². The van der Waals surface area contributed by atoms with Gasteiger partial charge in [-0.25, -0.2) is 8.99 Å². The molecule has 0 fully saturated rings. The minimum absolute atomic E-state index is 0.0494. The Morgan fingerprint density at radius 2 is 1.85 bits per heavy atom. The summed E-state index contributed by atoms with van der Waals surface area (Å²) in [5.41, 5.74) is 2.52. The fraction of sp³-hybridized carbons (Fsp3) is 0.316. The molecule has 1 heterocycles. The molecule has 2 atom stereocenters. The number of carbonyl (C=O) groups excluding carboxylic acids is 1. The van der Waals surface area contributed by atoms with Crippen molar-refractivity contribution in [2.45, 2.75) is 30.7 Å². The summed E-state index contributed by atoms with van der Waals surface area (Å²) in [7, 11) is -2.80. The second-order valence-electron chi connectivity index (χ2n) is 6.56. The Labute approximate surface area is 164 Å². The van der Waals surface area contributed by atoms with Crippen LogP contribution in [0.5, 0.6) is 0 Å². The fourth-order valence-corrected chi connectivity index (χ4v) is 5.05. The molecule has 0 spiro atoms. The van der Waals surface area contributed by atoms with Crippen LogP contribution in [-0.4, -0.2) is 27.8 Å². The number of halogens is 2. The molecule has 1 aliphatic heterocycles. The second-order valence-corrected chi connectivity index (χ2v) is 9.50. The first kappa shape index (κ1) is 19.2. The van der Waals surface area contributed by atoms with Crippen molar-refractivity contribution in [1.29, 1.82) is 4.78 Å². The third-order valence-electron chi connectivity index (χ3n) is 4.82. The molecular formula is C19H20Cl2N2O2S. The third-order valence-corrected chi connectivity index (χ3v) is 6.75. The lowest BCUT2D eigenvalue weighted by Crippen LogP contribution is -2.40. The van der Waals surface area contributed by atoms with Crippen molar-refractivity contribution >= 4 is 38.8 Å². The SMILES string of the molecule is C[C@H]1c2cccc(S(C)(=N)=O)c2CCN1C(=O)Cc1c(Cl)cccc1Cl. The van der Waals surface area contributed by atoms with E-state index in [-0.39, 0.29) is 18.4 Å². The van der Waals surface area contributed by atoms with Crippen molar-refractivity contribution in [3.8, 4) is 0 Å². The number of nitrogens with zero attached hydrogens (tertiary/aromatic N) is 1. The average Bonchev–Trinajstić information content (AvgIpc) is 2.57. The van der Waals surface area contributed by atoms with Crippen LogP contribution in [-0.2, 0) is 27.4 Å². The van der Waals surface area contributed by atoms with Crippen LogP contribution in [0.1, 0.15) is 29.7 Å². The molecule has 0 aliphatic carbocycles. The third kappa shape index (κ3) is 3.61. The van der Waals surface area contributed by atoms with E-state index in [1.165, 1.54) is 6.26 Å². The van der Waals surface area contributed by atoms with E-state index < -0.39 is 9.73 Å². The zero-order chi connectivity index (χ0) is 19.1. The van der Waals surface area contributed by atoms with E-state index in [4.69, 9.17) is 28.0 Å². The Morgan fingerprint density at radius 1 is 1.23 bits per heavy atom. The first-order valence-corrected chi connectivity index (χ1v) is 11.0. The molecule has 1 amide bonds. The molecule has 4 nitrogen and oxygen atoms in total. The molecule has 0 radical (unpaired) electrons. The van der Waals surface area contributed by atoms with Gasteiger partial charge in [0.1, 0.15) is 0 Å². The molecule has 0 saturated heterocycles. The van der Waals surface area contributed by atoms with E-state index in [1.54, 1.807) is 35.2 Å². The van der Waals surface area contributed by atoms with Crippen LogP contribution in [0, 0.1) is 4.78 Å². The summed E-state index contributed by atoms with van der Waals surface area (Å²) < 4.78 is 20.2. The standard InChI is InChI=1S/C19H20Cl2N2O2S/c1-12-13-5-3-8-18(26(2,22)25)14(13)9-10-23(12)19(24)11-15-16(20)6-4-7-17(15)21/h3-8,12,22H,9-11H2,1-2H3/t12-,26?/m0/s1. The van der Waals surface area contributed by atoms with Crippen molar-refractivity contribution < 1.29 is 9.00 Å². The Balaban J connectivity index is 1.90. The Hall–Kier alpha value is -1.56. The van der Waals surface area contributed by atoms with Gasteiger partial charge in [0.15, 0.2) is 0 Å². The first-order chi connectivity index (χ1) is 12.2. The minimum atomic E-state index is -2.80. The number of carbonyl (C=O) groups is 1. The van der Waals surface area contributed by atoms with Crippen LogP contribution in [0.15, 0.2) is 41.3 Å². The zero-order valence-corrected chi connectivity index (χ0v) is 16.9. The average molecular weight is 411 g/mol. The zero-order valence-electron chi connectivity index (χ0n) is 14.6. The van der Waals surface area contributed by atoms with Crippen molar-refractivity contribution in [1.82, 2.24) is 4.90 Å². The van der Waals surface area contributed by atoms with E-state index in [1.807, 2.05) is 13.0 Å². The molecule has 0 aromatic heterocycles. The summed E-state index contributed by atoms with van der Waals surface area (Å²) in [6.07, 6.45) is 2.16. The number of rotatable bonds is 3. The molecule has 7 heteroatoms. The van der Waals surface area contributed by atoms with Crippen LogP contribution in [0.4, 0.5) is 0 Å². The van der Waals surface area contributed by atoms with Crippen LogP contribution < -0.4 is 0 Å². The predicted octanol–water partition coefficient (Wildman–Crippen LogP) is 4.72. The van der Waals surface area contributed by atoms with Gasteiger partial charge in [0, 0.05) is 22.8 Å². The molecule has 26 heavy (non-hydrogen) atoms. The summed E-state index contributed by atoms with van der Waals surface area (Å²) in [5.74, 6) is -0.0494. The smallest absolute Gasteiger partial charge is 0.227 e. The molecule has 2 aromatic carbocycles. The summed E-state index contributed by atoms with van der Waals surface area (Å²) >= 11 is 12.4. The molecule has 138 valence electrons. The predicted molar refractivity (Wildman–Crippen MR) is 105 cm³/mol. The molecule has 1 unspecified atom stereocenters. The largest absolute Gasteiger partial charge is 0.335 e. The molecule has 0 saturated carbocycles. The summed E-state index contributed by atoms with van der Waals surface area (Å²) in [5, 5.41) is 0.969. The first-order valence-electron chi connectivity index (χ1n) is 8.28. The van der Waals surface area contributed by atoms with E-state index in [0.29, 0.717) is 33.5 Å². The molecule has 2 aromatic rings. The maximum atomic E-state index is 12.9. The molecular weight excluding hydrogens is 391 g/mol. The van der Waals surface area contributed by atoms with Gasteiger partial charge in [-0.2, -0.15) is 0 Å². The van der Waals surface area contributed by atoms with Gasteiger partial charge >= 0.3 is 0 Å². The molecule has 0 bridgehead atoms. The Morgan fingerprint density at radius 3 is 2.46 bits per heavy atom. The van der Waals surface area contributed by atoms with Gasteiger partial charge in [-0.3, -0.25) is 4.79 Å². The van der Waals surface area contributed by atoms with Crippen LogP contribution >= 0.6 is 23.2 Å². The van der Waals surface area contributed by atoms with Crippen molar-refractivity contribution in [2.75, 3.05) is 12.8 Å². The lowest BCUT2D eigenvalue weighted by atomic mass is 9.93. The maximum Gasteiger partial charge on any atom is 0.227 e. The number of amides is 1. The van der Waals surface area contributed by atoms with E-state index in [0.717, 1.165) is 11.1 Å². The monoisotopic (exact) mass is 410 g/mol. The number of hydrogen-bond acceptors (Lipinski definition) is 3. The Kier molecular flexibility index (Phi) is 5.33. The van der Waals surface area contributed by atoms with E-state index in [9.17, 15) is 9.00 Å². The number of benzene rings is 2. The van der Waals surface area contributed by atoms with Gasteiger partial charge in [-0.15, -0.1) is 0 Å². The molecule has 3 rings (SSSR count). The van der Waals surface area contributed by atoms with Crippen LogP contribution in [0.2, 0.25) is 10.0 Å². The normalized spacial score (nSPS) is 18.9. The topological polar surface area (TPSA) is 61.2 Å². The minimum Gasteiger partial charge on any atom is -0.335 e. The maximum absolute atomic E-state index is 12.9. The molecule has 1 N–H and O–H groups in total. The number of hydrogen-bond donors (Lipinski definition) is 1. The van der Waals surface area contributed by atoms with Crippen molar-refractivity contribution in [3.05, 3.63) is 63.1 Å². The highest BCUT2D eigenvalue weighted by Crippen LogP contribution is 2.34. The summed E-state index contributed by atoms with van der Waals surface area (Å²) in [6, 6.07) is 10.5. The van der Waals surface area contributed by atoms with Gasteiger partial charge in [0.2, 0.25) is 5.91 Å². The van der Waals surface area contributed by atoms with Crippen LogP contribution in [0.3, 0.4) is 0 Å². The summed E-state index contributed by atoms with van der Waals surface area (Å²) in [6.45, 7) is 2.47. The highest BCUT2D eigenvalue weighted by Gasteiger charge is 2.30. The van der Waals surface area contributed by atoms with E-state index >= 15 is 0 Å². The summed E-state index contributed by atoms with van der Waals surface area (Å²) in [4.78, 5) is 15.3. The van der Waals surface area contributed by atoms with Gasteiger partial charge in [-0.1, -0.05) is 41.4 Å². The lowest BCUT2D eigenvalue weighted by molar-refractivity contribution is -0.133. The van der Waals surface area contributed by atoms with E-state index in [2.05, 4.69) is 0 Å². The Bertz CT molecular complexity index is 953. The van der Waals surface area contributed by atoms with Gasteiger partial charge in [-0.05, 0) is 48.2 Å². The van der Waals surface area contributed by atoms with Crippen molar-refractivity contribution in [3.63, 3.8) is 0 Å². The highest BCUT2D eigenvalue weighted by atomic mass is 35.5. The quantitative estimate of drug-likeness (QED) is 0.795. The molecule has 1 aliphatic rings.